The lowest BCUT2D eigenvalue weighted by Gasteiger charge is -1.95. The van der Waals surface area contributed by atoms with Gasteiger partial charge in [-0.25, -0.2) is 10.2 Å². The van der Waals surface area contributed by atoms with Crippen LogP contribution in [0.25, 0.3) is 0 Å². The van der Waals surface area contributed by atoms with Crippen molar-refractivity contribution in [1.82, 2.24) is 10.4 Å². The van der Waals surface area contributed by atoms with Crippen molar-refractivity contribution in [2.45, 2.75) is 0 Å². The summed E-state index contributed by atoms with van der Waals surface area (Å²) in [6, 6.07) is 2.93. The van der Waals surface area contributed by atoms with E-state index in [1.54, 1.807) is 0 Å². The van der Waals surface area contributed by atoms with Crippen molar-refractivity contribution in [3.05, 3.63) is 30.1 Å². The minimum atomic E-state index is -1.47. The second-order valence-corrected chi connectivity index (χ2v) is 2.16. The van der Waals surface area contributed by atoms with Crippen molar-refractivity contribution < 1.29 is 14.7 Å². The predicted molar refractivity (Wildman–Crippen MR) is 44.6 cm³/mol. The Balaban J connectivity index is 2.56. The summed E-state index contributed by atoms with van der Waals surface area (Å²) in [5.41, 5.74) is 2.26. The molecule has 0 aliphatic carbocycles. The first kappa shape index (κ1) is 9.78. The molecule has 0 spiro atoms. The van der Waals surface area contributed by atoms with Crippen LogP contribution in [-0.2, 0) is 0 Å². The van der Waals surface area contributed by atoms with Gasteiger partial charge in [-0.15, -0.1) is 0 Å². The molecule has 0 bridgehead atoms. The number of pyridine rings is 1. The second kappa shape index (κ2) is 4.65. The summed E-state index contributed by atoms with van der Waals surface area (Å²) in [6.07, 6.45) is 1.40. The summed E-state index contributed by atoms with van der Waals surface area (Å²) in [5.74, 6) is -0.544. The van der Waals surface area contributed by atoms with Crippen LogP contribution in [0.4, 0.5) is 4.79 Å². The van der Waals surface area contributed by atoms with Crippen LogP contribution in [0.5, 0.6) is 0 Å². The van der Waals surface area contributed by atoms with Crippen molar-refractivity contribution in [2.75, 3.05) is 0 Å². The molecule has 0 aliphatic rings. The molecular weight excluding hydrogens is 188 g/mol. The third kappa shape index (κ3) is 2.97. The van der Waals surface area contributed by atoms with Gasteiger partial charge in [0, 0.05) is 18.0 Å². The largest absolute Gasteiger partial charge is 0.462 e. The first-order valence-electron chi connectivity index (χ1n) is 3.54. The van der Waals surface area contributed by atoms with Gasteiger partial charge >= 0.3 is 6.09 Å². The van der Waals surface area contributed by atoms with E-state index in [0.717, 1.165) is 0 Å². The normalized spacial score (nSPS) is 10.0. The Labute approximate surface area is 78.5 Å². The lowest BCUT2D eigenvalue weighted by Crippen LogP contribution is -2.16. The molecule has 1 heterocycles. The Morgan fingerprint density at radius 1 is 1.36 bits per heavy atom. The smallest absolute Gasteiger partial charge is 0.451 e. The number of nitrogens with zero attached hydrogens (tertiary/aromatic N) is 3. The number of hydrogen-bond donors (Lipinski definition) is 2. The molecule has 0 atom stereocenters. The Morgan fingerprint density at radius 3 is 2.57 bits per heavy atom. The Kier molecular flexibility index (Phi) is 3.25. The van der Waals surface area contributed by atoms with Crippen molar-refractivity contribution in [3.63, 3.8) is 0 Å². The second-order valence-electron chi connectivity index (χ2n) is 2.16. The van der Waals surface area contributed by atoms with E-state index < -0.39 is 12.0 Å². The minimum Gasteiger partial charge on any atom is -0.462 e. The van der Waals surface area contributed by atoms with Gasteiger partial charge < -0.3 is 5.11 Å². The summed E-state index contributed by atoms with van der Waals surface area (Å²) < 4.78 is 0. The minimum absolute atomic E-state index is 0.323. The van der Waals surface area contributed by atoms with E-state index in [4.69, 9.17) is 5.11 Å². The highest BCUT2D eigenvalue weighted by Gasteiger charge is 2.02. The van der Waals surface area contributed by atoms with Crippen LogP contribution in [-0.4, -0.2) is 22.1 Å². The maximum absolute atomic E-state index is 11.1. The Morgan fingerprint density at radius 2 is 2.00 bits per heavy atom. The molecule has 0 aliphatic heterocycles. The maximum atomic E-state index is 11.1. The fourth-order valence-corrected chi connectivity index (χ4v) is 0.681. The third-order valence-electron chi connectivity index (χ3n) is 1.23. The molecule has 72 valence electrons. The van der Waals surface area contributed by atoms with Gasteiger partial charge in [0.1, 0.15) is 0 Å². The fraction of sp³-hybridized carbons (Fsp3) is 0. The van der Waals surface area contributed by atoms with Crippen LogP contribution in [0.3, 0.4) is 0 Å². The number of carbonyl (C=O) groups excluding carboxylic acids is 1. The van der Waals surface area contributed by atoms with Crippen molar-refractivity contribution >= 4 is 12.0 Å². The molecule has 1 aromatic rings. The van der Waals surface area contributed by atoms with Gasteiger partial charge in [0.15, 0.2) is 0 Å². The molecule has 0 saturated carbocycles. The van der Waals surface area contributed by atoms with E-state index in [2.05, 4.69) is 15.3 Å². The molecule has 1 rings (SSSR count). The lowest BCUT2D eigenvalue weighted by atomic mass is 10.3. The maximum Gasteiger partial charge on any atom is 0.451 e. The van der Waals surface area contributed by atoms with E-state index in [1.807, 2.05) is 5.43 Å². The van der Waals surface area contributed by atoms with Gasteiger partial charge in [0.05, 0.1) is 0 Å². The quantitative estimate of drug-likeness (QED) is 0.538. The molecule has 1 aromatic heterocycles. The van der Waals surface area contributed by atoms with Crippen LogP contribution in [0.1, 0.15) is 10.4 Å². The summed E-state index contributed by atoms with van der Waals surface area (Å²) in [7, 11) is 0. The predicted octanol–water partition coefficient (Wildman–Crippen LogP) is 0.857. The molecule has 0 radical (unpaired) electrons. The molecule has 0 saturated heterocycles. The lowest BCUT2D eigenvalue weighted by molar-refractivity contribution is 0.0951. The van der Waals surface area contributed by atoms with Crippen LogP contribution in [0, 0.1) is 0 Å². The van der Waals surface area contributed by atoms with E-state index >= 15 is 0 Å². The van der Waals surface area contributed by atoms with Gasteiger partial charge in [0.25, 0.3) is 5.91 Å². The molecule has 2 amide bonds. The van der Waals surface area contributed by atoms with E-state index in [0.29, 0.717) is 5.56 Å². The van der Waals surface area contributed by atoms with E-state index in [9.17, 15) is 9.59 Å². The molecule has 7 heteroatoms. The number of amides is 2. The molecule has 2 N–H and O–H groups in total. The highest BCUT2D eigenvalue weighted by Crippen LogP contribution is 1.95. The zero-order valence-electron chi connectivity index (χ0n) is 6.91. The highest BCUT2D eigenvalue weighted by molar-refractivity contribution is 5.93. The first-order chi connectivity index (χ1) is 6.70. The monoisotopic (exact) mass is 194 g/mol. The van der Waals surface area contributed by atoms with Crippen LogP contribution in [0.2, 0.25) is 0 Å². The Bertz CT molecular complexity index is 362. The van der Waals surface area contributed by atoms with Crippen molar-refractivity contribution in [1.29, 1.82) is 0 Å². The van der Waals surface area contributed by atoms with Gasteiger partial charge in [-0.2, -0.15) is 0 Å². The highest BCUT2D eigenvalue weighted by atomic mass is 16.4. The molecule has 0 aromatic carbocycles. The van der Waals surface area contributed by atoms with Crippen molar-refractivity contribution in [3.8, 4) is 0 Å². The number of nitrogens with one attached hydrogen (secondary N) is 1. The topological polar surface area (TPSA) is 104 Å². The standard InChI is InChI=1S/C7H6N4O3/c12-6(9-11-10-7(13)14)5-1-3-8-4-2-5/h1-4H,(H,13,14)(H,9,10,12). The van der Waals surface area contributed by atoms with Gasteiger partial charge in [-0.05, 0) is 12.1 Å². The van der Waals surface area contributed by atoms with Gasteiger partial charge in [-0.1, -0.05) is 10.3 Å². The average Bonchev–Trinajstić information content (AvgIpc) is 2.18. The Hall–Kier alpha value is -2.31. The average molecular weight is 194 g/mol. The number of aromatic nitrogens is 1. The van der Waals surface area contributed by atoms with E-state index in [1.165, 1.54) is 24.5 Å². The summed E-state index contributed by atoms with van der Waals surface area (Å²) in [5, 5.41) is 13.7. The number of carbonyl (C=O) groups is 2. The molecule has 0 fully saturated rings. The molecular formula is C7H6N4O3. The van der Waals surface area contributed by atoms with E-state index in [-0.39, 0.29) is 0 Å². The summed E-state index contributed by atoms with van der Waals surface area (Å²) >= 11 is 0. The third-order valence-corrected chi connectivity index (χ3v) is 1.23. The molecule has 14 heavy (non-hydrogen) atoms. The number of carboxylic acid groups (broad SMARTS) is 1. The first-order valence-corrected chi connectivity index (χ1v) is 3.54. The SMILES string of the molecule is O=C(O)N=NNC(=O)c1ccncc1. The molecule has 0 unspecified atom stereocenters. The number of hydrogen-bond acceptors (Lipinski definition) is 4. The van der Waals surface area contributed by atoms with Crippen LogP contribution in [0.15, 0.2) is 34.9 Å². The summed E-state index contributed by atoms with van der Waals surface area (Å²) in [6.45, 7) is 0. The molecule has 7 nitrogen and oxygen atoms in total. The zero-order valence-corrected chi connectivity index (χ0v) is 6.91. The summed E-state index contributed by atoms with van der Waals surface area (Å²) in [4.78, 5) is 24.7. The zero-order chi connectivity index (χ0) is 10.4. The van der Waals surface area contributed by atoms with Crippen molar-refractivity contribution in [2.24, 2.45) is 10.3 Å². The van der Waals surface area contributed by atoms with Crippen LogP contribution >= 0.6 is 0 Å². The number of rotatable bonds is 2. The fourth-order valence-electron chi connectivity index (χ4n) is 0.681. The van der Waals surface area contributed by atoms with Gasteiger partial charge in [-0.3, -0.25) is 9.78 Å². The van der Waals surface area contributed by atoms with Gasteiger partial charge in [0.2, 0.25) is 0 Å². The van der Waals surface area contributed by atoms with Crippen LogP contribution < -0.4 is 5.43 Å².